The van der Waals surface area contributed by atoms with Crippen LogP contribution in [0.4, 0.5) is 0 Å². The number of nitrogens with zero attached hydrogens (tertiary/aromatic N) is 1. The first-order valence-electron chi connectivity index (χ1n) is 10.2. The van der Waals surface area contributed by atoms with Crippen LogP contribution in [0.1, 0.15) is 50.8 Å². The predicted octanol–water partition coefficient (Wildman–Crippen LogP) is 4.83. The third-order valence-electron chi connectivity index (χ3n) is 5.49. The van der Waals surface area contributed by atoms with Crippen LogP contribution >= 0.6 is 11.6 Å². The van der Waals surface area contributed by atoms with Gasteiger partial charge in [0.15, 0.2) is 5.78 Å². The molecule has 0 aliphatic carbocycles. The molecule has 4 rings (SSSR count). The molecule has 0 aromatic heterocycles. The van der Waals surface area contributed by atoms with Gasteiger partial charge in [0.25, 0.3) is 5.91 Å². The molecule has 0 saturated carbocycles. The maximum atomic E-state index is 13.6. The summed E-state index contributed by atoms with van der Waals surface area (Å²) in [5.74, 6) is -1.04. The fourth-order valence-electron chi connectivity index (χ4n) is 3.89. The Kier molecular flexibility index (Phi) is 5.93. The summed E-state index contributed by atoms with van der Waals surface area (Å²) in [6, 6.07) is 21.1. The van der Waals surface area contributed by atoms with Crippen LogP contribution in [0.15, 0.2) is 78.5 Å². The fraction of sp³-hybridized carbons (Fsp3) is 0.115. The van der Waals surface area contributed by atoms with Gasteiger partial charge in [-0.2, -0.15) is 0 Å². The highest BCUT2D eigenvalue weighted by molar-refractivity contribution is 6.31. The summed E-state index contributed by atoms with van der Waals surface area (Å²) in [6.45, 7) is 2.01. The van der Waals surface area contributed by atoms with Crippen molar-refractivity contribution < 1.29 is 14.4 Å². The minimum Gasteiger partial charge on any atom is -0.366 e. The zero-order valence-corrected chi connectivity index (χ0v) is 18.2. The van der Waals surface area contributed by atoms with Crippen LogP contribution < -0.4 is 5.73 Å². The largest absolute Gasteiger partial charge is 0.366 e. The molecule has 1 aliphatic rings. The van der Waals surface area contributed by atoms with Gasteiger partial charge in [0.1, 0.15) is 0 Å². The molecule has 0 spiro atoms. The van der Waals surface area contributed by atoms with Crippen LogP contribution in [0.25, 0.3) is 5.57 Å². The first-order valence-corrected chi connectivity index (χ1v) is 10.6. The van der Waals surface area contributed by atoms with Crippen molar-refractivity contribution >= 4 is 34.8 Å². The smallest absolute Gasteiger partial charge is 0.258 e. The molecule has 160 valence electrons. The Labute approximate surface area is 191 Å². The topological polar surface area (TPSA) is 80.5 Å². The summed E-state index contributed by atoms with van der Waals surface area (Å²) in [7, 11) is 0. The highest BCUT2D eigenvalue weighted by atomic mass is 35.5. The fourth-order valence-corrected chi connectivity index (χ4v) is 4.06. The molecule has 0 fully saturated rings. The molecule has 0 unspecified atom stereocenters. The molecule has 3 aromatic rings. The van der Waals surface area contributed by atoms with Gasteiger partial charge in [-0.3, -0.25) is 19.3 Å². The summed E-state index contributed by atoms with van der Waals surface area (Å²) in [5.41, 5.74) is 9.58. The second-order valence-electron chi connectivity index (χ2n) is 7.50. The van der Waals surface area contributed by atoms with Gasteiger partial charge < -0.3 is 5.73 Å². The number of allylic oxidation sites excluding steroid dienone is 1. The van der Waals surface area contributed by atoms with E-state index in [2.05, 4.69) is 0 Å². The van der Waals surface area contributed by atoms with E-state index in [1.54, 1.807) is 25.1 Å². The molecule has 32 heavy (non-hydrogen) atoms. The second kappa shape index (κ2) is 8.81. The monoisotopic (exact) mass is 444 g/mol. The number of amides is 2. The molecule has 2 N–H and O–H groups in total. The van der Waals surface area contributed by atoms with Gasteiger partial charge in [-0.05, 0) is 53.1 Å². The van der Waals surface area contributed by atoms with Crippen molar-refractivity contribution in [1.29, 1.82) is 0 Å². The Morgan fingerprint density at radius 3 is 2.22 bits per heavy atom. The van der Waals surface area contributed by atoms with Gasteiger partial charge in [-0.25, -0.2) is 0 Å². The number of benzene rings is 3. The summed E-state index contributed by atoms with van der Waals surface area (Å²) in [5, 5.41) is 0.558. The van der Waals surface area contributed by atoms with Crippen molar-refractivity contribution in [3.63, 3.8) is 0 Å². The van der Waals surface area contributed by atoms with Crippen LogP contribution in [0.5, 0.6) is 0 Å². The maximum absolute atomic E-state index is 13.6. The zero-order chi connectivity index (χ0) is 22.8. The minimum absolute atomic E-state index is 0.142. The number of Topliss-reactive ketones (excluding diaryl/α,β-unsaturated/α-hetero) is 1. The molecule has 1 heterocycles. The van der Waals surface area contributed by atoms with E-state index in [0.717, 1.165) is 16.7 Å². The number of carbonyl (C=O) groups excluding carboxylic acids is 3. The molecule has 0 atom stereocenters. The van der Waals surface area contributed by atoms with E-state index in [1.165, 1.54) is 17.0 Å². The Balaban J connectivity index is 1.92. The molecule has 1 aliphatic heterocycles. The average Bonchev–Trinajstić information content (AvgIpc) is 2.82. The molecular weight excluding hydrogens is 424 g/mol. The van der Waals surface area contributed by atoms with Gasteiger partial charge >= 0.3 is 0 Å². The van der Waals surface area contributed by atoms with E-state index >= 15 is 0 Å². The van der Waals surface area contributed by atoms with Crippen molar-refractivity contribution in [3.05, 3.63) is 111 Å². The van der Waals surface area contributed by atoms with Gasteiger partial charge in [-0.1, -0.05) is 54.9 Å². The second-order valence-corrected chi connectivity index (χ2v) is 7.94. The summed E-state index contributed by atoms with van der Waals surface area (Å²) in [4.78, 5) is 39.7. The van der Waals surface area contributed by atoms with E-state index in [4.69, 9.17) is 17.3 Å². The van der Waals surface area contributed by atoms with Crippen molar-refractivity contribution in [3.8, 4) is 0 Å². The number of hydrogen-bond donors (Lipinski definition) is 1. The molecular formula is C26H21ClN2O3. The number of hydrogen-bond acceptors (Lipinski definition) is 3. The van der Waals surface area contributed by atoms with Gasteiger partial charge in [-0.15, -0.1) is 0 Å². The zero-order valence-electron chi connectivity index (χ0n) is 17.5. The third-order valence-corrected chi connectivity index (χ3v) is 5.72. The number of fused-ring (bicyclic) bond motifs is 1. The number of nitrogens with two attached hydrogens (primary N) is 1. The van der Waals surface area contributed by atoms with Gasteiger partial charge in [0.2, 0.25) is 5.91 Å². The Hall–Kier alpha value is -3.70. The van der Waals surface area contributed by atoms with Gasteiger partial charge in [0.05, 0.1) is 12.2 Å². The minimum atomic E-state index is -0.569. The summed E-state index contributed by atoms with van der Waals surface area (Å²) in [6.07, 6.45) is 0.242. The Bertz CT molecular complexity index is 1250. The predicted molar refractivity (Wildman–Crippen MR) is 124 cm³/mol. The molecule has 0 bridgehead atoms. The van der Waals surface area contributed by atoms with Crippen LogP contribution in [-0.2, 0) is 11.3 Å². The van der Waals surface area contributed by atoms with Gasteiger partial charge in [0, 0.05) is 28.1 Å². The van der Waals surface area contributed by atoms with Crippen LogP contribution in [0, 0.1) is 0 Å². The molecule has 3 aromatic carbocycles. The lowest BCUT2D eigenvalue weighted by molar-refractivity contribution is -0.116. The van der Waals surface area contributed by atoms with Crippen molar-refractivity contribution in [1.82, 2.24) is 4.90 Å². The van der Waals surface area contributed by atoms with E-state index in [0.29, 0.717) is 27.4 Å². The quantitative estimate of drug-likeness (QED) is 0.611. The number of primary amides is 1. The molecule has 2 amide bonds. The standard InChI is InChI=1S/C26H21ClN2O3/c1-2-22(30)24-23(16-6-4-3-5-7-16)21-14-20(27)13-12-19(21)15-29(24)26(32)18-10-8-17(9-11-18)25(28)31/h3-14H,2,15H2,1H3,(H2,28,31). The van der Waals surface area contributed by atoms with E-state index in [9.17, 15) is 14.4 Å². The summed E-state index contributed by atoms with van der Waals surface area (Å²) >= 11 is 6.30. The van der Waals surface area contributed by atoms with Crippen molar-refractivity contribution in [2.75, 3.05) is 0 Å². The highest BCUT2D eigenvalue weighted by Gasteiger charge is 2.33. The lowest BCUT2D eigenvalue weighted by Gasteiger charge is -2.33. The highest BCUT2D eigenvalue weighted by Crippen LogP contribution is 2.39. The Morgan fingerprint density at radius 2 is 1.59 bits per heavy atom. The average molecular weight is 445 g/mol. The van der Waals surface area contributed by atoms with Crippen molar-refractivity contribution in [2.24, 2.45) is 5.73 Å². The number of carbonyl (C=O) groups is 3. The maximum Gasteiger partial charge on any atom is 0.258 e. The van der Waals surface area contributed by atoms with Crippen LogP contribution in [0.3, 0.4) is 0 Å². The summed E-state index contributed by atoms with van der Waals surface area (Å²) < 4.78 is 0. The number of rotatable bonds is 5. The SMILES string of the molecule is CCC(=O)C1=C(c2ccccc2)c2cc(Cl)ccc2CN1C(=O)c1ccc(C(N)=O)cc1. The molecule has 0 saturated heterocycles. The normalized spacial score (nSPS) is 13.0. The third kappa shape index (κ3) is 3.95. The Morgan fingerprint density at radius 1 is 0.938 bits per heavy atom. The van der Waals surface area contributed by atoms with E-state index in [1.807, 2.05) is 42.5 Å². The van der Waals surface area contributed by atoms with Crippen LogP contribution in [0.2, 0.25) is 5.02 Å². The molecule has 5 nitrogen and oxygen atoms in total. The molecule has 6 heteroatoms. The van der Waals surface area contributed by atoms with E-state index in [-0.39, 0.29) is 24.7 Å². The molecule has 0 radical (unpaired) electrons. The number of ketones is 1. The lowest BCUT2D eigenvalue weighted by atomic mass is 9.86. The van der Waals surface area contributed by atoms with Crippen molar-refractivity contribution in [2.45, 2.75) is 19.9 Å². The van der Waals surface area contributed by atoms with Crippen LogP contribution in [-0.4, -0.2) is 22.5 Å². The van der Waals surface area contributed by atoms with E-state index < -0.39 is 5.91 Å². The first kappa shape index (κ1) is 21.5. The number of halogens is 1. The lowest BCUT2D eigenvalue weighted by Crippen LogP contribution is -2.37. The first-order chi connectivity index (χ1) is 15.4.